The van der Waals surface area contributed by atoms with Gasteiger partial charge in [0.25, 0.3) is 0 Å². The Hall–Kier alpha value is -1.72. The van der Waals surface area contributed by atoms with Crippen molar-refractivity contribution in [1.29, 1.82) is 0 Å². The summed E-state index contributed by atoms with van der Waals surface area (Å²) >= 11 is 1.87. The predicted octanol–water partition coefficient (Wildman–Crippen LogP) is 2.83. The van der Waals surface area contributed by atoms with Crippen molar-refractivity contribution in [1.82, 2.24) is 14.8 Å². The van der Waals surface area contributed by atoms with E-state index in [1.807, 2.05) is 23.5 Å². The van der Waals surface area contributed by atoms with Gasteiger partial charge in [0.05, 0.1) is 0 Å². The van der Waals surface area contributed by atoms with Crippen molar-refractivity contribution in [2.45, 2.75) is 44.9 Å². The van der Waals surface area contributed by atoms with Gasteiger partial charge in [0.1, 0.15) is 0 Å². The average molecular weight is 327 g/mol. The normalized spacial score (nSPS) is 24.4. The SMILES string of the molecule is Cc1ccc(CN2CC[C@H]3[C@H]2CC(=O)N3Cc2ccncc2)s1. The van der Waals surface area contributed by atoms with Crippen molar-refractivity contribution < 1.29 is 4.79 Å². The van der Waals surface area contributed by atoms with Crippen LogP contribution in [0.15, 0.2) is 36.7 Å². The predicted molar refractivity (Wildman–Crippen MR) is 91.1 cm³/mol. The first-order valence-electron chi connectivity index (χ1n) is 8.18. The monoisotopic (exact) mass is 327 g/mol. The first-order chi connectivity index (χ1) is 11.2. The van der Waals surface area contributed by atoms with Crippen LogP contribution in [0.2, 0.25) is 0 Å². The van der Waals surface area contributed by atoms with E-state index < -0.39 is 0 Å². The van der Waals surface area contributed by atoms with Crippen LogP contribution in [0.25, 0.3) is 0 Å². The van der Waals surface area contributed by atoms with Crippen LogP contribution in [0, 0.1) is 6.92 Å². The molecule has 0 aliphatic carbocycles. The number of pyridine rings is 1. The van der Waals surface area contributed by atoms with E-state index in [9.17, 15) is 4.79 Å². The Labute approximate surface area is 140 Å². The van der Waals surface area contributed by atoms with Gasteiger partial charge in [-0.25, -0.2) is 0 Å². The molecule has 2 fully saturated rings. The van der Waals surface area contributed by atoms with E-state index in [1.54, 1.807) is 12.4 Å². The fraction of sp³-hybridized carbons (Fsp3) is 0.444. The summed E-state index contributed by atoms with van der Waals surface area (Å²) in [4.78, 5) is 23.9. The molecule has 2 atom stereocenters. The summed E-state index contributed by atoms with van der Waals surface area (Å²) in [6.07, 6.45) is 5.35. The maximum Gasteiger partial charge on any atom is 0.224 e. The molecule has 2 saturated heterocycles. The topological polar surface area (TPSA) is 36.4 Å². The van der Waals surface area contributed by atoms with E-state index >= 15 is 0 Å². The van der Waals surface area contributed by atoms with Gasteiger partial charge in [0.2, 0.25) is 5.91 Å². The molecule has 2 aromatic heterocycles. The van der Waals surface area contributed by atoms with Gasteiger partial charge in [0, 0.05) is 60.3 Å². The Balaban J connectivity index is 1.46. The van der Waals surface area contributed by atoms with E-state index in [2.05, 4.69) is 33.8 Å². The number of likely N-dealkylation sites (tertiary alicyclic amines) is 2. The van der Waals surface area contributed by atoms with Gasteiger partial charge in [-0.05, 0) is 43.2 Å². The van der Waals surface area contributed by atoms with E-state index in [0.717, 1.165) is 19.5 Å². The maximum atomic E-state index is 12.5. The lowest BCUT2D eigenvalue weighted by molar-refractivity contribution is -0.129. The van der Waals surface area contributed by atoms with E-state index in [0.29, 0.717) is 31.0 Å². The molecule has 120 valence electrons. The molecule has 0 saturated carbocycles. The van der Waals surface area contributed by atoms with Crippen LogP contribution in [0.1, 0.15) is 28.2 Å². The third kappa shape index (κ3) is 2.91. The smallest absolute Gasteiger partial charge is 0.224 e. The molecule has 0 bridgehead atoms. The Morgan fingerprint density at radius 2 is 2.00 bits per heavy atom. The fourth-order valence-corrected chi connectivity index (χ4v) is 4.78. The quantitative estimate of drug-likeness (QED) is 0.866. The number of amides is 1. The van der Waals surface area contributed by atoms with Crippen LogP contribution >= 0.6 is 11.3 Å². The minimum Gasteiger partial charge on any atom is -0.334 e. The Bertz CT molecular complexity index is 699. The molecule has 4 heterocycles. The van der Waals surface area contributed by atoms with Crippen molar-refractivity contribution >= 4 is 17.2 Å². The summed E-state index contributed by atoms with van der Waals surface area (Å²) in [6, 6.07) is 9.16. The first-order valence-corrected chi connectivity index (χ1v) is 9.00. The molecule has 0 radical (unpaired) electrons. The number of aryl methyl sites for hydroxylation is 1. The molecule has 1 amide bonds. The molecular formula is C18H21N3OS. The summed E-state index contributed by atoms with van der Waals surface area (Å²) in [6.45, 7) is 4.94. The molecule has 4 rings (SSSR count). The lowest BCUT2D eigenvalue weighted by atomic mass is 10.1. The second-order valence-electron chi connectivity index (χ2n) is 6.49. The third-order valence-electron chi connectivity index (χ3n) is 4.99. The number of hydrogen-bond acceptors (Lipinski definition) is 4. The summed E-state index contributed by atoms with van der Waals surface area (Å²) in [5.74, 6) is 0.295. The number of carbonyl (C=O) groups excluding carboxylic acids is 1. The summed E-state index contributed by atoms with van der Waals surface area (Å²) in [5.41, 5.74) is 1.17. The number of carbonyl (C=O) groups is 1. The van der Waals surface area contributed by atoms with Crippen molar-refractivity contribution in [2.24, 2.45) is 0 Å². The zero-order valence-electron chi connectivity index (χ0n) is 13.3. The van der Waals surface area contributed by atoms with Crippen LogP contribution in [-0.4, -0.2) is 39.3 Å². The van der Waals surface area contributed by atoms with Crippen LogP contribution in [-0.2, 0) is 17.9 Å². The molecule has 0 N–H and O–H groups in total. The highest BCUT2D eigenvalue weighted by Gasteiger charge is 2.46. The van der Waals surface area contributed by atoms with Crippen LogP contribution in [0.5, 0.6) is 0 Å². The number of hydrogen-bond donors (Lipinski definition) is 0. The summed E-state index contributed by atoms with van der Waals surface area (Å²) < 4.78 is 0. The van der Waals surface area contributed by atoms with Crippen molar-refractivity contribution in [3.63, 3.8) is 0 Å². The Kier molecular flexibility index (Phi) is 3.91. The van der Waals surface area contributed by atoms with Crippen LogP contribution < -0.4 is 0 Å². The minimum atomic E-state index is 0.295. The zero-order chi connectivity index (χ0) is 15.8. The molecule has 0 unspecified atom stereocenters. The fourth-order valence-electron chi connectivity index (χ4n) is 3.87. The van der Waals surface area contributed by atoms with Gasteiger partial charge >= 0.3 is 0 Å². The van der Waals surface area contributed by atoms with Crippen LogP contribution in [0.3, 0.4) is 0 Å². The number of rotatable bonds is 4. The highest BCUT2D eigenvalue weighted by atomic mass is 32.1. The highest BCUT2D eigenvalue weighted by molar-refractivity contribution is 7.11. The molecule has 2 aliphatic rings. The van der Waals surface area contributed by atoms with E-state index in [1.165, 1.54) is 15.3 Å². The lowest BCUT2D eigenvalue weighted by Gasteiger charge is -2.25. The van der Waals surface area contributed by atoms with Gasteiger partial charge in [0.15, 0.2) is 0 Å². The minimum absolute atomic E-state index is 0.295. The molecule has 5 heteroatoms. The van der Waals surface area contributed by atoms with Crippen molar-refractivity contribution in [3.05, 3.63) is 52.0 Å². The molecule has 2 aromatic rings. The Morgan fingerprint density at radius 3 is 2.74 bits per heavy atom. The van der Waals surface area contributed by atoms with E-state index in [4.69, 9.17) is 0 Å². The molecule has 0 aromatic carbocycles. The summed E-state index contributed by atoms with van der Waals surface area (Å²) in [7, 11) is 0. The highest BCUT2D eigenvalue weighted by Crippen LogP contribution is 2.35. The van der Waals surface area contributed by atoms with Crippen molar-refractivity contribution in [3.8, 4) is 0 Å². The summed E-state index contributed by atoms with van der Waals surface area (Å²) in [5, 5.41) is 0. The van der Waals surface area contributed by atoms with Gasteiger partial charge in [-0.1, -0.05) is 0 Å². The molecule has 0 spiro atoms. The van der Waals surface area contributed by atoms with Gasteiger partial charge in [-0.3, -0.25) is 14.7 Å². The van der Waals surface area contributed by atoms with E-state index in [-0.39, 0.29) is 0 Å². The van der Waals surface area contributed by atoms with Gasteiger partial charge < -0.3 is 4.90 Å². The second kappa shape index (κ2) is 6.06. The van der Waals surface area contributed by atoms with Crippen molar-refractivity contribution in [2.75, 3.05) is 6.54 Å². The van der Waals surface area contributed by atoms with Gasteiger partial charge in [-0.15, -0.1) is 11.3 Å². The lowest BCUT2D eigenvalue weighted by Crippen LogP contribution is -2.36. The number of nitrogens with zero attached hydrogens (tertiary/aromatic N) is 3. The molecule has 23 heavy (non-hydrogen) atoms. The number of thiophene rings is 1. The number of aromatic nitrogens is 1. The second-order valence-corrected chi connectivity index (χ2v) is 7.86. The van der Waals surface area contributed by atoms with Crippen LogP contribution in [0.4, 0.5) is 0 Å². The zero-order valence-corrected chi connectivity index (χ0v) is 14.1. The first kappa shape index (κ1) is 14.8. The maximum absolute atomic E-state index is 12.5. The third-order valence-corrected chi connectivity index (χ3v) is 5.97. The Morgan fingerprint density at radius 1 is 1.17 bits per heavy atom. The molecule has 2 aliphatic heterocycles. The average Bonchev–Trinajstić information content (AvgIpc) is 3.21. The molecule has 4 nitrogen and oxygen atoms in total. The molecular weight excluding hydrogens is 306 g/mol. The standard InChI is InChI=1S/C18H21N3OS/c1-13-2-3-15(23-13)12-20-9-6-16-17(20)10-18(22)21(16)11-14-4-7-19-8-5-14/h2-5,7-8,16-17H,6,9-12H2,1H3/t16-,17+/m0/s1. The largest absolute Gasteiger partial charge is 0.334 e. The van der Waals surface area contributed by atoms with Gasteiger partial charge in [-0.2, -0.15) is 0 Å². The number of fused-ring (bicyclic) bond motifs is 1.